The lowest BCUT2D eigenvalue weighted by molar-refractivity contribution is 0.102. The number of amides is 1. The average Bonchev–Trinajstić information content (AvgIpc) is 2.76. The van der Waals surface area contributed by atoms with Gasteiger partial charge in [0.05, 0.1) is 35.5 Å². The van der Waals surface area contributed by atoms with Crippen molar-refractivity contribution in [2.45, 2.75) is 11.8 Å². The van der Waals surface area contributed by atoms with Crippen LogP contribution in [0.2, 0.25) is 5.02 Å². The zero-order valence-corrected chi connectivity index (χ0v) is 18.7. The molecule has 0 bridgehead atoms. The van der Waals surface area contributed by atoms with Crippen molar-refractivity contribution in [1.82, 2.24) is 0 Å². The van der Waals surface area contributed by atoms with Gasteiger partial charge in [-0.1, -0.05) is 29.8 Å². The minimum Gasteiger partial charge on any atom is -0.495 e. The number of anilines is 2. The van der Waals surface area contributed by atoms with Crippen LogP contribution in [0.25, 0.3) is 0 Å². The first-order valence-electron chi connectivity index (χ1n) is 9.16. The van der Waals surface area contributed by atoms with Crippen LogP contribution in [-0.4, -0.2) is 28.5 Å². The fourth-order valence-electron chi connectivity index (χ4n) is 2.88. The molecule has 3 aromatic rings. The van der Waals surface area contributed by atoms with Gasteiger partial charge in [0.25, 0.3) is 15.9 Å². The number of ether oxygens (including phenoxy) is 2. The van der Waals surface area contributed by atoms with E-state index in [1.807, 2.05) is 0 Å². The molecule has 0 fully saturated rings. The van der Waals surface area contributed by atoms with Crippen molar-refractivity contribution >= 4 is 38.9 Å². The molecule has 0 aliphatic carbocycles. The molecule has 0 saturated carbocycles. The average molecular weight is 461 g/mol. The van der Waals surface area contributed by atoms with Crippen LogP contribution in [0.15, 0.2) is 65.6 Å². The molecular weight excluding hydrogens is 440 g/mol. The summed E-state index contributed by atoms with van der Waals surface area (Å²) in [5.74, 6) is 0.367. The van der Waals surface area contributed by atoms with Gasteiger partial charge < -0.3 is 14.8 Å². The van der Waals surface area contributed by atoms with Crippen LogP contribution in [0.3, 0.4) is 0 Å². The number of methoxy groups -OCH3 is 2. The molecule has 3 rings (SSSR count). The highest BCUT2D eigenvalue weighted by atomic mass is 35.5. The minimum absolute atomic E-state index is 0.153. The largest absolute Gasteiger partial charge is 0.495 e. The van der Waals surface area contributed by atoms with Crippen LogP contribution in [0, 0.1) is 6.92 Å². The minimum atomic E-state index is -3.73. The summed E-state index contributed by atoms with van der Waals surface area (Å²) in [6.45, 7) is 1.71. The number of hydrogen-bond acceptors (Lipinski definition) is 5. The fraction of sp³-hybridized carbons (Fsp3) is 0.136. The summed E-state index contributed by atoms with van der Waals surface area (Å²) in [5, 5.41) is 3.11. The molecule has 0 aliphatic rings. The lowest BCUT2D eigenvalue weighted by Crippen LogP contribution is -2.15. The number of benzene rings is 3. The summed E-state index contributed by atoms with van der Waals surface area (Å²) in [6.07, 6.45) is 0. The molecule has 9 heteroatoms. The van der Waals surface area contributed by atoms with Gasteiger partial charge in [-0.15, -0.1) is 0 Å². The Bertz CT molecular complexity index is 1210. The molecule has 31 heavy (non-hydrogen) atoms. The van der Waals surface area contributed by atoms with E-state index in [4.69, 9.17) is 21.1 Å². The van der Waals surface area contributed by atoms with E-state index in [9.17, 15) is 13.2 Å². The van der Waals surface area contributed by atoms with Gasteiger partial charge in [-0.2, -0.15) is 0 Å². The van der Waals surface area contributed by atoms with E-state index in [0.29, 0.717) is 39.0 Å². The molecule has 0 spiro atoms. The number of carbonyl (C=O) groups excluding carboxylic acids is 1. The Balaban J connectivity index is 1.82. The van der Waals surface area contributed by atoms with Gasteiger partial charge in [0.15, 0.2) is 0 Å². The third-order valence-corrected chi connectivity index (χ3v) is 6.19. The maximum atomic E-state index is 12.8. The second-order valence-corrected chi connectivity index (χ2v) is 8.68. The van der Waals surface area contributed by atoms with Crippen LogP contribution in [0.4, 0.5) is 11.4 Å². The van der Waals surface area contributed by atoms with Crippen LogP contribution in [-0.2, 0) is 10.0 Å². The standard InChI is InChI=1S/C22H21ClN2O5S/c1-14-11-15(9-10-18(14)25-31(27,28)16-7-5-4-6-8-16)22(26)24-19-13-20(29-2)17(23)12-21(19)30-3/h4-13,25H,1-3H3,(H,24,26). The first kappa shape index (κ1) is 22.5. The molecule has 0 aromatic heterocycles. The maximum Gasteiger partial charge on any atom is 0.261 e. The van der Waals surface area contributed by atoms with Crippen molar-refractivity contribution < 1.29 is 22.7 Å². The van der Waals surface area contributed by atoms with E-state index >= 15 is 0 Å². The highest BCUT2D eigenvalue weighted by Gasteiger charge is 2.17. The quantitative estimate of drug-likeness (QED) is 0.532. The number of aryl methyl sites for hydroxylation is 1. The van der Waals surface area contributed by atoms with Crippen molar-refractivity contribution in [3.8, 4) is 11.5 Å². The molecule has 2 N–H and O–H groups in total. The van der Waals surface area contributed by atoms with Gasteiger partial charge in [0, 0.05) is 17.7 Å². The summed E-state index contributed by atoms with van der Waals surface area (Å²) < 4.78 is 38.1. The highest BCUT2D eigenvalue weighted by molar-refractivity contribution is 7.92. The molecule has 7 nitrogen and oxygen atoms in total. The third-order valence-electron chi connectivity index (χ3n) is 4.51. The topological polar surface area (TPSA) is 93.7 Å². The van der Waals surface area contributed by atoms with Gasteiger partial charge in [0.2, 0.25) is 0 Å². The number of halogens is 1. The Kier molecular flexibility index (Phi) is 6.72. The first-order valence-corrected chi connectivity index (χ1v) is 11.0. The van der Waals surface area contributed by atoms with E-state index < -0.39 is 15.9 Å². The third kappa shape index (κ3) is 5.10. The van der Waals surface area contributed by atoms with Gasteiger partial charge >= 0.3 is 0 Å². The van der Waals surface area contributed by atoms with Crippen molar-refractivity contribution in [3.05, 3.63) is 76.8 Å². The summed E-state index contributed by atoms with van der Waals surface area (Å²) in [7, 11) is -0.798. The molecule has 0 atom stereocenters. The number of nitrogens with one attached hydrogen (secondary N) is 2. The van der Waals surface area contributed by atoms with E-state index in [2.05, 4.69) is 10.0 Å². The number of rotatable bonds is 7. The van der Waals surface area contributed by atoms with Crippen LogP contribution < -0.4 is 19.5 Å². The van der Waals surface area contributed by atoms with Crippen molar-refractivity contribution in [2.24, 2.45) is 0 Å². The maximum absolute atomic E-state index is 12.8. The Hall–Kier alpha value is -3.23. The molecule has 0 saturated heterocycles. The zero-order chi connectivity index (χ0) is 22.6. The van der Waals surface area contributed by atoms with Gasteiger partial charge in [-0.3, -0.25) is 9.52 Å². The summed E-state index contributed by atoms with van der Waals surface area (Å²) in [6, 6.07) is 15.8. The Labute approximate surface area is 186 Å². The number of sulfonamides is 1. The van der Waals surface area contributed by atoms with E-state index in [1.54, 1.807) is 49.4 Å². The van der Waals surface area contributed by atoms with E-state index in [-0.39, 0.29) is 4.90 Å². The van der Waals surface area contributed by atoms with E-state index in [0.717, 1.165) is 0 Å². The summed E-state index contributed by atoms with van der Waals surface area (Å²) in [4.78, 5) is 12.9. The molecule has 0 radical (unpaired) electrons. The molecule has 0 aliphatic heterocycles. The molecule has 3 aromatic carbocycles. The van der Waals surface area contributed by atoms with Crippen molar-refractivity contribution in [3.63, 3.8) is 0 Å². The van der Waals surface area contributed by atoms with Gasteiger partial charge in [0.1, 0.15) is 11.5 Å². The van der Waals surface area contributed by atoms with Gasteiger partial charge in [-0.25, -0.2) is 8.42 Å². The normalized spacial score (nSPS) is 11.0. The fourth-order valence-corrected chi connectivity index (χ4v) is 4.26. The lowest BCUT2D eigenvalue weighted by Gasteiger charge is -2.14. The molecule has 0 unspecified atom stereocenters. The summed E-state index contributed by atoms with van der Waals surface area (Å²) in [5.41, 5.74) is 1.70. The predicted molar refractivity (Wildman–Crippen MR) is 121 cm³/mol. The lowest BCUT2D eigenvalue weighted by atomic mass is 10.1. The first-order chi connectivity index (χ1) is 14.7. The summed E-state index contributed by atoms with van der Waals surface area (Å²) >= 11 is 6.10. The van der Waals surface area contributed by atoms with Crippen molar-refractivity contribution in [2.75, 3.05) is 24.3 Å². The molecule has 1 amide bonds. The zero-order valence-electron chi connectivity index (χ0n) is 17.1. The molecule has 162 valence electrons. The van der Waals surface area contributed by atoms with Gasteiger partial charge in [-0.05, 0) is 42.8 Å². The predicted octanol–water partition coefficient (Wildman–Crippen LogP) is 4.72. The monoisotopic (exact) mass is 460 g/mol. The number of carbonyl (C=O) groups is 1. The smallest absolute Gasteiger partial charge is 0.261 e. The Morgan fingerprint density at radius 1 is 0.903 bits per heavy atom. The molecule has 0 heterocycles. The van der Waals surface area contributed by atoms with Crippen LogP contribution >= 0.6 is 11.6 Å². The SMILES string of the molecule is COc1cc(NC(=O)c2ccc(NS(=O)(=O)c3ccccc3)c(C)c2)c(OC)cc1Cl. The Morgan fingerprint density at radius 2 is 1.58 bits per heavy atom. The van der Waals surface area contributed by atoms with Crippen LogP contribution in [0.1, 0.15) is 15.9 Å². The second-order valence-electron chi connectivity index (χ2n) is 6.59. The van der Waals surface area contributed by atoms with Crippen molar-refractivity contribution in [1.29, 1.82) is 0 Å². The Morgan fingerprint density at radius 3 is 2.19 bits per heavy atom. The highest BCUT2D eigenvalue weighted by Crippen LogP contribution is 2.36. The number of hydrogen-bond donors (Lipinski definition) is 2. The van der Waals surface area contributed by atoms with Crippen LogP contribution in [0.5, 0.6) is 11.5 Å². The molecular formula is C22H21ClN2O5S. The second kappa shape index (κ2) is 9.28. The van der Waals surface area contributed by atoms with E-state index in [1.165, 1.54) is 32.4 Å².